The van der Waals surface area contributed by atoms with Crippen LogP contribution < -0.4 is 4.72 Å². The van der Waals surface area contributed by atoms with Gasteiger partial charge in [0.05, 0.1) is 0 Å². The van der Waals surface area contributed by atoms with E-state index in [1.165, 1.54) is 4.31 Å². The fraction of sp³-hybridized carbons (Fsp3) is 1.00. The van der Waals surface area contributed by atoms with Gasteiger partial charge in [0.1, 0.15) is 0 Å². The molecule has 84 valence electrons. The number of hydrogen-bond donors (Lipinski definition) is 1. The predicted molar refractivity (Wildman–Crippen MR) is 60.7 cm³/mol. The molecule has 0 amide bonds. The molecule has 14 heavy (non-hydrogen) atoms. The van der Waals surface area contributed by atoms with E-state index in [0.717, 1.165) is 18.6 Å². The third-order valence-electron chi connectivity index (χ3n) is 2.30. The lowest BCUT2D eigenvalue weighted by Gasteiger charge is -2.27. The van der Waals surface area contributed by atoms with Crippen LogP contribution in [-0.2, 0) is 10.2 Å². The summed E-state index contributed by atoms with van der Waals surface area (Å²) in [6.45, 7) is 2.18. The van der Waals surface area contributed by atoms with Crippen LogP contribution in [0.2, 0.25) is 0 Å². The van der Waals surface area contributed by atoms with E-state index in [0.29, 0.717) is 5.25 Å². The molecule has 2 atom stereocenters. The summed E-state index contributed by atoms with van der Waals surface area (Å²) in [5.74, 6) is 0.883. The summed E-state index contributed by atoms with van der Waals surface area (Å²) in [5.41, 5.74) is 0. The average Bonchev–Trinajstić information content (AvgIpc) is 2.08. The van der Waals surface area contributed by atoms with Gasteiger partial charge in [0.15, 0.2) is 0 Å². The van der Waals surface area contributed by atoms with Crippen LogP contribution in [0.4, 0.5) is 0 Å². The summed E-state index contributed by atoms with van der Waals surface area (Å²) in [6.07, 6.45) is 2.03. The van der Waals surface area contributed by atoms with Crippen LogP contribution in [0.3, 0.4) is 0 Å². The van der Waals surface area contributed by atoms with Crippen LogP contribution in [0, 0.1) is 0 Å². The van der Waals surface area contributed by atoms with Gasteiger partial charge < -0.3 is 0 Å². The summed E-state index contributed by atoms with van der Waals surface area (Å²) in [6, 6.07) is 0.101. The van der Waals surface area contributed by atoms with Crippen molar-refractivity contribution in [3.63, 3.8) is 0 Å². The molecule has 1 aliphatic heterocycles. The van der Waals surface area contributed by atoms with Crippen molar-refractivity contribution in [2.45, 2.75) is 31.1 Å². The molecule has 1 rings (SSSR count). The molecule has 1 heterocycles. The zero-order chi connectivity index (χ0) is 10.8. The van der Waals surface area contributed by atoms with Crippen LogP contribution in [0.1, 0.15) is 19.8 Å². The second-order valence-electron chi connectivity index (χ2n) is 3.82. The quantitative estimate of drug-likeness (QED) is 0.786. The van der Waals surface area contributed by atoms with Crippen LogP contribution in [0.25, 0.3) is 0 Å². The largest absolute Gasteiger partial charge is 0.279 e. The van der Waals surface area contributed by atoms with Gasteiger partial charge in [-0.3, -0.25) is 0 Å². The van der Waals surface area contributed by atoms with Crippen molar-refractivity contribution in [1.29, 1.82) is 0 Å². The normalized spacial score (nSPS) is 29.4. The van der Waals surface area contributed by atoms with Crippen molar-refractivity contribution in [1.82, 2.24) is 9.03 Å². The minimum atomic E-state index is -3.25. The fourth-order valence-corrected chi connectivity index (χ4v) is 3.34. The first-order valence-electron chi connectivity index (χ1n) is 4.73. The molecule has 1 N–H and O–H groups in total. The van der Waals surface area contributed by atoms with Crippen molar-refractivity contribution in [3.8, 4) is 0 Å². The molecule has 1 saturated heterocycles. The first kappa shape index (κ1) is 12.3. The highest BCUT2D eigenvalue weighted by Gasteiger charge is 2.24. The van der Waals surface area contributed by atoms with Gasteiger partial charge in [-0.1, -0.05) is 6.92 Å². The first-order valence-corrected chi connectivity index (χ1v) is 7.22. The number of thioether (sulfide) groups is 1. The highest BCUT2D eigenvalue weighted by Crippen LogP contribution is 2.25. The maximum Gasteiger partial charge on any atom is 0.279 e. The van der Waals surface area contributed by atoms with E-state index in [1.807, 2.05) is 11.8 Å². The van der Waals surface area contributed by atoms with Crippen molar-refractivity contribution in [3.05, 3.63) is 0 Å². The van der Waals surface area contributed by atoms with E-state index < -0.39 is 10.2 Å². The Hall–Kier alpha value is 0.220. The smallest absolute Gasteiger partial charge is 0.198 e. The van der Waals surface area contributed by atoms with Crippen LogP contribution >= 0.6 is 11.8 Å². The van der Waals surface area contributed by atoms with E-state index in [1.54, 1.807) is 14.1 Å². The van der Waals surface area contributed by atoms with Gasteiger partial charge in [0, 0.05) is 31.1 Å². The van der Waals surface area contributed by atoms with Crippen LogP contribution in [0.5, 0.6) is 0 Å². The second kappa shape index (κ2) is 4.83. The molecule has 0 bridgehead atoms. The third kappa shape index (κ3) is 3.42. The maximum absolute atomic E-state index is 11.5. The Morgan fingerprint density at radius 1 is 1.36 bits per heavy atom. The molecule has 0 spiro atoms. The molecule has 2 unspecified atom stereocenters. The minimum absolute atomic E-state index is 0.101. The molecule has 0 aromatic carbocycles. The monoisotopic (exact) mass is 238 g/mol. The van der Waals surface area contributed by atoms with Gasteiger partial charge in [0.2, 0.25) is 0 Å². The van der Waals surface area contributed by atoms with Crippen molar-refractivity contribution < 1.29 is 8.42 Å². The Morgan fingerprint density at radius 3 is 2.43 bits per heavy atom. The number of rotatable bonds is 3. The van der Waals surface area contributed by atoms with Crippen molar-refractivity contribution in [2.24, 2.45) is 0 Å². The Labute approximate surface area is 90.6 Å². The fourth-order valence-electron chi connectivity index (χ4n) is 1.29. The zero-order valence-corrected chi connectivity index (χ0v) is 10.5. The average molecular weight is 238 g/mol. The molecule has 1 fully saturated rings. The highest BCUT2D eigenvalue weighted by molar-refractivity contribution is 8.00. The molecule has 0 aromatic rings. The Kier molecular flexibility index (Phi) is 4.24. The summed E-state index contributed by atoms with van der Waals surface area (Å²) in [7, 11) is -0.160. The van der Waals surface area contributed by atoms with Gasteiger partial charge in [0.25, 0.3) is 10.2 Å². The SMILES string of the molecule is CC1CCC(NS(=O)(=O)N(C)C)CS1. The third-order valence-corrected chi connectivity index (χ3v) is 5.29. The van der Waals surface area contributed by atoms with Gasteiger partial charge >= 0.3 is 0 Å². The van der Waals surface area contributed by atoms with Crippen molar-refractivity contribution in [2.75, 3.05) is 19.8 Å². The van der Waals surface area contributed by atoms with E-state index in [2.05, 4.69) is 11.6 Å². The van der Waals surface area contributed by atoms with E-state index in [9.17, 15) is 8.42 Å². The van der Waals surface area contributed by atoms with Crippen molar-refractivity contribution >= 4 is 22.0 Å². The van der Waals surface area contributed by atoms with Gasteiger partial charge in [-0.15, -0.1) is 0 Å². The van der Waals surface area contributed by atoms with E-state index in [-0.39, 0.29) is 6.04 Å². The molecule has 0 saturated carbocycles. The van der Waals surface area contributed by atoms with Crippen LogP contribution in [0.15, 0.2) is 0 Å². The zero-order valence-electron chi connectivity index (χ0n) is 8.86. The molecular weight excluding hydrogens is 220 g/mol. The second-order valence-corrected chi connectivity index (χ2v) is 7.21. The first-order chi connectivity index (χ1) is 6.42. The molecular formula is C8H18N2O2S2. The number of hydrogen-bond acceptors (Lipinski definition) is 3. The molecule has 0 aliphatic carbocycles. The number of nitrogens with zero attached hydrogens (tertiary/aromatic N) is 1. The lowest BCUT2D eigenvalue weighted by Crippen LogP contribution is -2.44. The molecule has 0 aromatic heterocycles. The summed E-state index contributed by atoms with van der Waals surface area (Å²) < 4.78 is 26.9. The molecule has 4 nitrogen and oxygen atoms in total. The molecule has 0 radical (unpaired) electrons. The summed E-state index contributed by atoms with van der Waals surface area (Å²) >= 11 is 1.83. The highest BCUT2D eigenvalue weighted by atomic mass is 32.2. The topological polar surface area (TPSA) is 49.4 Å². The van der Waals surface area contributed by atoms with Gasteiger partial charge in [-0.25, -0.2) is 0 Å². The standard InChI is InChI=1S/C8H18N2O2S2/c1-7-4-5-8(6-13-7)9-14(11,12)10(2)3/h7-9H,4-6H2,1-3H3. The maximum atomic E-state index is 11.5. The van der Waals surface area contributed by atoms with Gasteiger partial charge in [-0.2, -0.15) is 29.2 Å². The number of nitrogens with one attached hydrogen (secondary N) is 1. The van der Waals surface area contributed by atoms with E-state index in [4.69, 9.17) is 0 Å². The summed E-state index contributed by atoms with van der Waals surface area (Å²) in [5, 5.41) is 0.662. The summed E-state index contributed by atoms with van der Waals surface area (Å²) in [4.78, 5) is 0. The van der Waals surface area contributed by atoms with Crippen LogP contribution in [-0.4, -0.2) is 43.9 Å². The van der Waals surface area contributed by atoms with Gasteiger partial charge in [-0.05, 0) is 12.8 Å². The lowest BCUT2D eigenvalue weighted by molar-refractivity contribution is 0.479. The molecule has 1 aliphatic rings. The molecule has 6 heteroatoms. The predicted octanol–water partition coefficient (Wildman–Crippen LogP) is 0.667. The Balaban J connectivity index is 2.46. The minimum Gasteiger partial charge on any atom is -0.198 e. The Bertz CT molecular complexity index is 269. The lowest BCUT2D eigenvalue weighted by atomic mass is 10.1. The van der Waals surface area contributed by atoms with E-state index >= 15 is 0 Å². The Morgan fingerprint density at radius 2 is 2.00 bits per heavy atom.